The number of nitrogen functional groups attached to an aromatic ring is 1. The van der Waals surface area contributed by atoms with Gasteiger partial charge in [0.1, 0.15) is 29.3 Å². The number of aliphatic carboxylic acids is 1. The number of carboxylic acid groups (broad SMARTS) is 1. The number of carbonyl (C=O) groups excluding carboxylic acids is 1. The summed E-state index contributed by atoms with van der Waals surface area (Å²) in [4.78, 5) is 32.6. The fourth-order valence-electron chi connectivity index (χ4n) is 5.55. The van der Waals surface area contributed by atoms with Crippen LogP contribution in [0, 0.1) is 0 Å². The molecule has 15 heteroatoms. The molecular weight excluding hydrogens is 595 g/mol. The highest BCUT2D eigenvalue weighted by Gasteiger charge is 2.32. The summed E-state index contributed by atoms with van der Waals surface area (Å²) in [5.41, 5.74) is 7.26. The van der Waals surface area contributed by atoms with E-state index in [1.165, 1.54) is 20.5 Å². The molecule has 1 aliphatic carbocycles. The minimum absolute atomic E-state index is 0.0345. The zero-order chi connectivity index (χ0) is 32.3. The van der Waals surface area contributed by atoms with Crippen LogP contribution in [0.5, 0.6) is 11.5 Å². The molecule has 0 bridgehead atoms. The molecule has 238 valence electrons. The molecule has 0 aliphatic heterocycles. The third kappa shape index (κ3) is 6.77. The Morgan fingerprint density at radius 2 is 1.78 bits per heavy atom. The molecule has 1 aliphatic rings. The summed E-state index contributed by atoms with van der Waals surface area (Å²) < 4.78 is 51.9. The number of carbonyl (C=O) groups is 2. The third-order valence-electron chi connectivity index (χ3n) is 7.83. The number of rotatable bonds is 10. The van der Waals surface area contributed by atoms with Crippen molar-refractivity contribution in [1.82, 2.24) is 25.1 Å². The maximum atomic E-state index is 13.2. The number of alkyl halides is 3. The molecule has 0 saturated heterocycles. The summed E-state index contributed by atoms with van der Waals surface area (Å²) >= 11 is 0. The number of nitrogens with two attached hydrogens (primary N) is 1. The van der Waals surface area contributed by atoms with Gasteiger partial charge in [0.15, 0.2) is 5.65 Å². The van der Waals surface area contributed by atoms with Crippen molar-refractivity contribution in [3.63, 3.8) is 0 Å². The van der Waals surface area contributed by atoms with E-state index in [0.717, 1.165) is 43.9 Å². The van der Waals surface area contributed by atoms with Gasteiger partial charge in [0.2, 0.25) is 0 Å². The highest BCUT2D eigenvalue weighted by atomic mass is 19.4. The number of amides is 1. The van der Waals surface area contributed by atoms with Crippen molar-refractivity contribution < 1.29 is 37.3 Å². The van der Waals surface area contributed by atoms with Crippen LogP contribution in [-0.4, -0.2) is 63.5 Å². The number of benzene rings is 2. The van der Waals surface area contributed by atoms with Gasteiger partial charge in [-0.2, -0.15) is 18.3 Å². The van der Waals surface area contributed by atoms with E-state index in [2.05, 4.69) is 20.6 Å². The molecular formula is C30H32F3N7O5. The second kappa shape index (κ2) is 13.0. The maximum absolute atomic E-state index is 13.2. The van der Waals surface area contributed by atoms with Crippen LogP contribution in [0.3, 0.4) is 0 Å². The molecule has 5 rings (SSSR count). The number of nitrogens with one attached hydrogen (secondary N) is 2. The molecule has 0 atom stereocenters. The van der Waals surface area contributed by atoms with Crippen LogP contribution in [0.25, 0.3) is 22.3 Å². The van der Waals surface area contributed by atoms with Crippen LogP contribution in [0.4, 0.5) is 24.7 Å². The van der Waals surface area contributed by atoms with Crippen LogP contribution in [0.15, 0.2) is 42.7 Å². The van der Waals surface area contributed by atoms with Gasteiger partial charge in [-0.1, -0.05) is 6.07 Å². The van der Waals surface area contributed by atoms with Gasteiger partial charge in [0.25, 0.3) is 5.91 Å². The van der Waals surface area contributed by atoms with Gasteiger partial charge in [-0.05, 0) is 56.0 Å². The largest absolute Gasteiger partial charge is 0.496 e. The Kier molecular flexibility index (Phi) is 9.09. The molecule has 2 aromatic carbocycles. The molecule has 0 radical (unpaired) electrons. The Balaban J connectivity index is 1.40. The van der Waals surface area contributed by atoms with Gasteiger partial charge < -0.3 is 30.9 Å². The number of methoxy groups -OCH3 is 2. The van der Waals surface area contributed by atoms with Gasteiger partial charge in [-0.15, -0.1) is 0 Å². The fraction of sp³-hybridized carbons (Fsp3) is 0.367. The Hall–Kier alpha value is -4.92. The van der Waals surface area contributed by atoms with Crippen LogP contribution >= 0.6 is 0 Å². The monoisotopic (exact) mass is 627 g/mol. The summed E-state index contributed by atoms with van der Waals surface area (Å²) in [5.74, 6) is -1.23. The molecule has 2 heterocycles. The number of carboxylic acids is 1. The van der Waals surface area contributed by atoms with E-state index in [4.69, 9.17) is 25.4 Å². The molecule has 1 fully saturated rings. The van der Waals surface area contributed by atoms with Crippen LogP contribution < -0.4 is 25.8 Å². The minimum atomic E-state index is -4.59. The molecule has 12 nitrogen and oxygen atoms in total. The van der Waals surface area contributed by atoms with E-state index in [1.54, 1.807) is 18.2 Å². The summed E-state index contributed by atoms with van der Waals surface area (Å²) in [6.45, 7) is 0.416. The summed E-state index contributed by atoms with van der Waals surface area (Å²) in [7, 11) is 2.61. The zero-order valence-corrected chi connectivity index (χ0v) is 24.5. The number of aromatic nitrogens is 4. The Bertz CT molecular complexity index is 1720. The fourth-order valence-corrected chi connectivity index (χ4v) is 5.55. The van der Waals surface area contributed by atoms with Crippen molar-refractivity contribution >= 4 is 34.4 Å². The zero-order valence-electron chi connectivity index (χ0n) is 24.5. The average molecular weight is 628 g/mol. The predicted octanol–water partition coefficient (Wildman–Crippen LogP) is 4.91. The van der Waals surface area contributed by atoms with E-state index in [9.17, 15) is 22.8 Å². The van der Waals surface area contributed by atoms with Gasteiger partial charge in [0, 0.05) is 18.2 Å². The molecule has 4 aromatic rings. The predicted molar refractivity (Wildman–Crippen MR) is 159 cm³/mol. The Morgan fingerprint density at radius 3 is 2.44 bits per heavy atom. The number of ether oxygens (including phenoxy) is 2. The van der Waals surface area contributed by atoms with Crippen molar-refractivity contribution in [3.8, 4) is 22.8 Å². The number of fused-ring (bicyclic) bond motifs is 1. The van der Waals surface area contributed by atoms with Gasteiger partial charge >= 0.3 is 12.1 Å². The van der Waals surface area contributed by atoms with Crippen molar-refractivity contribution in [2.24, 2.45) is 0 Å². The first-order chi connectivity index (χ1) is 21.5. The molecule has 0 unspecified atom stereocenters. The third-order valence-corrected chi connectivity index (χ3v) is 7.83. The van der Waals surface area contributed by atoms with Gasteiger partial charge in [0.05, 0.1) is 48.9 Å². The van der Waals surface area contributed by atoms with Crippen LogP contribution in [-0.2, 0) is 11.0 Å². The topological polar surface area (TPSA) is 167 Å². The SMILES string of the molecule is COc1cc(-c2nn(C3CCC(NCCC(=O)O)CC3)c3ncnc(N)c23)ccc1NC(=O)c1ccc(C(F)(F)F)cc1OC. The molecule has 5 N–H and O–H groups in total. The van der Waals surface area contributed by atoms with Crippen molar-refractivity contribution in [1.29, 1.82) is 0 Å². The number of hydrogen-bond donors (Lipinski definition) is 4. The lowest BCUT2D eigenvalue weighted by molar-refractivity contribution is -0.138. The lowest BCUT2D eigenvalue weighted by atomic mass is 9.91. The quantitative estimate of drug-likeness (QED) is 0.190. The first-order valence-corrected chi connectivity index (χ1v) is 14.2. The molecule has 1 saturated carbocycles. The Labute approximate surface area is 255 Å². The highest BCUT2D eigenvalue weighted by Crippen LogP contribution is 2.39. The van der Waals surface area contributed by atoms with Crippen molar-refractivity contribution in [2.45, 2.75) is 50.4 Å². The van der Waals surface area contributed by atoms with Crippen molar-refractivity contribution in [2.75, 3.05) is 31.8 Å². The standard InChI is InChI=1S/C30H32F3N7O5/c1-44-22-14-17(30(31,32)33)4-9-20(22)29(43)38-21-10-3-16(13-23(21)45-2)26-25-27(34)36-15-37-28(25)40(39-26)19-7-5-18(6-8-19)35-12-11-24(41)42/h3-4,9-10,13-15,18-19,35H,5-8,11-12H2,1-2H3,(H,38,43)(H,41,42)(H2,34,36,37). The number of hydrogen-bond acceptors (Lipinski definition) is 9. The smallest absolute Gasteiger partial charge is 0.416 e. The summed E-state index contributed by atoms with van der Waals surface area (Å²) in [5, 5.41) is 20.4. The van der Waals surface area contributed by atoms with Crippen molar-refractivity contribution in [3.05, 3.63) is 53.9 Å². The first kappa shape index (κ1) is 31.5. The maximum Gasteiger partial charge on any atom is 0.416 e. The van der Waals surface area contributed by atoms with E-state index < -0.39 is 23.6 Å². The molecule has 45 heavy (non-hydrogen) atoms. The summed E-state index contributed by atoms with van der Waals surface area (Å²) in [6, 6.07) is 7.87. The lowest BCUT2D eigenvalue weighted by Gasteiger charge is -2.29. The van der Waals surface area contributed by atoms with Crippen LogP contribution in [0.2, 0.25) is 0 Å². The van der Waals surface area contributed by atoms with E-state index >= 15 is 0 Å². The number of halogens is 3. The second-order valence-electron chi connectivity index (χ2n) is 10.6. The molecule has 0 spiro atoms. The number of anilines is 2. The Morgan fingerprint density at radius 1 is 1.04 bits per heavy atom. The average Bonchev–Trinajstić information content (AvgIpc) is 3.41. The van der Waals surface area contributed by atoms with E-state index in [1.807, 2.05) is 4.68 Å². The normalized spacial score (nSPS) is 16.8. The van der Waals surface area contributed by atoms with E-state index in [0.29, 0.717) is 28.8 Å². The number of nitrogens with zero attached hydrogens (tertiary/aromatic N) is 4. The minimum Gasteiger partial charge on any atom is -0.496 e. The second-order valence-corrected chi connectivity index (χ2v) is 10.6. The van der Waals surface area contributed by atoms with Gasteiger partial charge in [-0.25, -0.2) is 14.6 Å². The van der Waals surface area contributed by atoms with Crippen LogP contribution in [0.1, 0.15) is 54.1 Å². The highest BCUT2D eigenvalue weighted by molar-refractivity contribution is 6.07. The molecule has 1 amide bonds. The first-order valence-electron chi connectivity index (χ1n) is 14.2. The van der Waals surface area contributed by atoms with E-state index in [-0.39, 0.29) is 47.1 Å². The molecule has 2 aromatic heterocycles. The summed E-state index contributed by atoms with van der Waals surface area (Å²) in [6.07, 6.45) is 0.138. The van der Waals surface area contributed by atoms with Gasteiger partial charge in [-0.3, -0.25) is 9.59 Å². The lowest BCUT2D eigenvalue weighted by Crippen LogP contribution is -2.35.